The number of benzene rings is 1. The molecule has 1 atom stereocenters. The molecule has 2 heterocycles. The van der Waals surface area contributed by atoms with E-state index in [0.717, 1.165) is 12.3 Å². The third kappa shape index (κ3) is 3.06. The molecular formula is C21H23F4N3O2. The van der Waals surface area contributed by atoms with Crippen LogP contribution >= 0.6 is 0 Å². The zero-order chi connectivity index (χ0) is 22.1. The van der Waals surface area contributed by atoms with E-state index < -0.39 is 23.7 Å². The molecule has 1 spiro atoms. The summed E-state index contributed by atoms with van der Waals surface area (Å²) in [5, 5.41) is 13.4. The van der Waals surface area contributed by atoms with Crippen LogP contribution in [0.1, 0.15) is 45.2 Å². The quantitative estimate of drug-likeness (QED) is 0.652. The maximum atomic E-state index is 14.4. The average molecular weight is 425 g/mol. The lowest BCUT2D eigenvalue weighted by atomic mass is 9.50. The molecular weight excluding hydrogens is 402 g/mol. The number of carboxylic acid groups (broad SMARTS) is 1. The lowest BCUT2D eigenvalue weighted by Crippen LogP contribution is -2.74. The summed E-state index contributed by atoms with van der Waals surface area (Å²) >= 11 is 0. The SMILES string of the molecule is CC(C)(C)C1N(C(=O)O)CC12CC(n1ncc(C(F)(F)F)c1-c1ccccc1F)C2. The van der Waals surface area contributed by atoms with Crippen molar-refractivity contribution in [1.82, 2.24) is 14.7 Å². The van der Waals surface area contributed by atoms with Crippen molar-refractivity contribution in [2.24, 2.45) is 10.8 Å². The van der Waals surface area contributed by atoms with Crippen molar-refractivity contribution >= 4 is 6.09 Å². The van der Waals surface area contributed by atoms with Crippen LogP contribution in [0.25, 0.3) is 11.3 Å². The van der Waals surface area contributed by atoms with Gasteiger partial charge in [0.25, 0.3) is 0 Å². The number of hydrogen-bond donors (Lipinski definition) is 1. The second-order valence-electron chi connectivity index (χ2n) is 9.43. The monoisotopic (exact) mass is 425 g/mol. The first-order valence-electron chi connectivity index (χ1n) is 9.74. The molecule has 9 heteroatoms. The summed E-state index contributed by atoms with van der Waals surface area (Å²) in [6.45, 7) is 6.23. The fourth-order valence-electron chi connectivity index (χ4n) is 5.47. The summed E-state index contributed by atoms with van der Waals surface area (Å²) in [6.07, 6.45) is -3.91. The molecule has 0 radical (unpaired) electrons. The van der Waals surface area contributed by atoms with Crippen LogP contribution in [-0.2, 0) is 6.18 Å². The first kappa shape index (κ1) is 20.7. The number of hydrogen-bond acceptors (Lipinski definition) is 2. The molecule has 1 unspecified atom stereocenters. The molecule has 1 amide bonds. The van der Waals surface area contributed by atoms with Gasteiger partial charge in [-0.3, -0.25) is 4.68 Å². The van der Waals surface area contributed by atoms with Gasteiger partial charge in [0, 0.05) is 23.6 Å². The minimum absolute atomic E-state index is 0.142. The Balaban J connectivity index is 1.69. The minimum Gasteiger partial charge on any atom is -0.465 e. The Bertz CT molecular complexity index is 987. The van der Waals surface area contributed by atoms with E-state index in [-0.39, 0.29) is 34.2 Å². The molecule has 2 aromatic rings. The van der Waals surface area contributed by atoms with E-state index >= 15 is 0 Å². The average Bonchev–Trinajstić information content (AvgIpc) is 2.96. The lowest BCUT2D eigenvalue weighted by molar-refractivity contribution is -0.169. The Morgan fingerprint density at radius 1 is 1.20 bits per heavy atom. The van der Waals surface area contributed by atoms with Gasteiger partial charge in [-0.15, -0.1) is 0 Å². The van der Waals surface area contributed by atoms with Crippen molar-refractivity contribution in [3.05, 3.63) is 41.8 Å². The number of amides is 1. The molecule has 1 aliphatic heterocycles. The van der Waals surface area contributed by atoms with E-state index in [1.54, 1.807) is 0 Å². The molecule has 1 saturated heterocycles. The van der Waals surface area contributed by atoms with E-state index in [9.17, 15) is 27.5 Å². The van der Waals surface area contributed by atoms with Gasteiger partial charge in [-0.25, -0.2) is 9.18 Å². The van der Waals surface area contributed by atoms with Gasteiger partial charge in [-0.2, -0.15) is 18.3 Å². The van der Waals surface area contributed by atoms with Crippen LogP contribution in [0.2, 0.25) is 0 Å². The second kappa shape index (κ2) is 6.46. The van der Waals surface area contributed by atoms with Gasteiger partial charge in [0.1, 0.15) is 11.4 Å². The van der Waals surface area contributed by atoms with Crippen LogP contribution in [0, 0.1) is 16.6 Å². The second-order valence-corrected chi connectivity index (χ2v) is 9.43. The van der Waals surface area contributed by atoms with Gasteiger partial charge < -0.3 is 10.0 Å². The number of nitrogens with zero attached hydrogens (tertiary/aromatic N) is 3. The molecule has 0 bridgehead atoms. The number of alkyl halides is 3. The number of rotatable bonds is 2. The summed E-state index contributed by atoms with van der Waals surface area (Å²) in [5.74, 6) is -0.743. The first-order valence-corrected chi connectivity index (χ1v) is 9.74. The molecule has 4 rings (SSSR count). The van der Waals surface area contributed by atoms with Crippen molar-refractivity contribution in [3.8, 4) is 11.3 Å². The van der Waals surface area contributed by atoms with E-state index in [4.69, 9.17) is 0 Å². The van der Waals surface area contributed by atoms with Crippen LogP contribution in [0.4, 0.5) is 22.4 Å². The standard InChI is InChI=1S/C21H23F4N3O2/c1-19(2,3)17-20(11-27(17)18(29)30)8-12(9-20)28-16(13-6-4-5-7-15(13)22)14(10-26-28)21(23,24)25/h4-7,10,12,17H,8-9,11H2,1-3H3,(H,29,30). The fraction of sp³-hybridized carbons (Fsp3) is 0.524. The zero-order valence-electron chi connectivity index (χ0n) is 16.9. The number of aromatic nitrogens is 2. The van der Waals surface area contributed by atoms with Gasteiger partial charge in [0.05, 0.1) is 17.9 Å². The molecule has 2 aliphatic rings. The molecule has 1 N–H and O–H groups in total. The number of halogens is 4. The lowest BCUT2D eigenvalue weighted by Gasteiger charge is -2.67. The van der Waals surface area contributed by atoms with Crippen LogP contribution in [-0.4, -0.2) is 38.5 Å². The normalized spacial score (nSPS) is 26.4. The first-order chi connectivity index (χ1) is 13.8. The highest BCUT2D eigenvalue weighted by Crippen LogP contribution is 2.62. The number of carbonyl (C=O) groups is 1. The van der Waals surface area contributed by atoms with Gasteiger partial charge in [-0.05, 0) is 30.4 Å². The highest BCUT2D eigenvalue weighted by atomic mass is 19.4. The van der Waals surface area contributed by atoms with E-state index in [0.29, 0.717) is 19.4 Å². The molecule has 30 heavy (non-hydrogen) atoms. The van der Waals surface area contributed by atoms with Crippen molar-refractivity contribution in [2.75, 3.05) is 6.54 Å². The molecule has 1 saturated carbocycles. The van der Waals surface area contributed by atoms with Gasteiger partial charge in [0.15, 0.2) is 0 Å². The third-order valence-electron chi connectivity index (χ3n) is 6.30. The van der Waals surface area contributed by atoms with E-state index in [2.05, 4.69) is 5.10 Å². The smallest absolute Gasteiger partial charge is 0.420 e. The summed E-state index contributed by atoms with van der Waals surface area (Å²) in [5.41, 5.74) is -1.99. The van der Waals surface area contributed by atoms with E-state index in [1.165, 1.54) is 27.8 Å². The molecule has 162 valence electrons. The van der Waals surface area contributed by atoms with E-state index in [1.807, 2.05) is 20.8 Å². The Morgan fingerprint density at radius 3 is 2.37 bits per heavy atom. The Hall–Kier alpha value is -2.58. The molecule has 2 fully saturated rings. The fourth-order valence-corrected chi connectivity index (χ4v) is 5.47. The van der Waals surface area contributed by atoms with Crippen molar-refractivity contribution in [1.29, 1.82) is 0 Å². The van der Waals surface area contributed by atoms with Gasteiger partial charge in [-0.1, -0.05) is 32.9 Å². The Labute approximate surface area is 171 Å². The Kier molecular flexibility index (Phi) is 4.45. The maximum Gasteiger partial charge on any atom is 0.420 e. The summed E-state index contributed by atoms with van der Waals surface area (Å²) < 4.78 is 56.5. The minimum atomic E-state index is -4.66. The predicted molar refractivity (Wildman–Crippen MR) is 101 cm³/mol. The van der Waals surface area contributed by atoms with Crippen LogP contribution in [0.3, 0.4) is 0 Å². The van der Waals surface area contributed by atoms with Gasteiger partial charge in [0.2, 0.25) is 0 Å². The van der Waals surface area contributed by atoms with Gasteiger partial charge >= 0.3 is 12.3 Å². The van der Waals surface area contributed by atoms with Crippen LogP contribution in [0.5, 0.6) is 0 Å². The highest BCUT2D eigenvalue weighted by molar-refractivity contribution is 5.68. The van der Waals surface area contributed by atoms with Crippen molar-refractivity contribution in [2.45, 2.75) is 51.9 Å². The topological polar surface area (TPSA) is 58.4 Å². The summed E-state index contributed by atoms with van der Waals surface area (Å²) in [6, 6.07) is 4.78. The largest absolute Gasteiger partial charge is 0.465 e. The Morgan fingerprint density at radius 2 is 1.83 bits per heavy atom. The summed E-state index contributed by atoms with van der Waals surface area (Å²) in [4.78, 5) is 13.0. The molecule has 1 aromatic heterocycles. The molecule has 5 nitrogen and oxygen atoms in total. The van der Waals surface area contributed by atoms with Crippen LogP contribution in [0.15, 0.2) is 30.5 Å². The zero-order valence-corrected chi connectivity index (χ0v) is 16.9. The predicted octanol–water partition coefficient (Wildman–Crippen LogP) is 5.44. The summed E-state index contributed by atoms with van der Waals surface area (Å²) in [7, 11) is 0. The number of likely N-dealkylation sites (tertiary alicyclic amines) is 1. The highest BCUT2D eigenvalue weighted by Gasteiger charge is 2.65. The molecule has 1 aromatic carbocycles. The third-order valence-corrected chi connectivity index (χ3v) is 6.30. The van der Waals surface area contributed by atoms with Crippen molar-refractivity contribution in [3.63, 3.8) is 0 Å². The van der Waals surface area contributed by atoms with Crippen LogP contribution < -0.4 is 0 Å². The van der Waals surface area contributed by atoms with Crippen molar-refractivity contribution < 1.29 is 27.5 Å². The molecule has 1 aliphatic carbocycles. The maximum absolute atomic E-state index is 14.4.